The van der Waals surface area contributed by atoms with E-state index >= 15 is 0 Å². The Morgan fingerprint density at radius 3 is 2.90 bits per heavy atom. The molecule has 0 spiro atoms. The largest absolute Gasteiger partial charge is 0.289 e. The van der Waals surface area contributed by atoms with Crippen molar-refractivity contribution in [2.45, 2.75) is 19.5 Å². The molecule has 1 fully saturated rings. The third kappa shape index (κ3) is 3.17. The first-order chi connectivity index (χ1) is 9.94. The van der Waals surface area contributed by atoms with Crippen molar-refractivity contribution in [3.05, 3.63) is 34.0 Å². The molecule has 1 aliphatic rings. The SMILES string of the molecule is Cc1ncsc1CN1CCS(=O)(=O)CC1c1cnn(C)c1. The molecule has 2 aromatic rings. The quantitative estimate of drug-likeness (QED) is 0.846. The van der Waals surface area contributed by atoms with E-state index in [0.717, 1.165) is 17.8 Å². The molecule has 2 aromatic heterocycles. The second-order valence-corrected chi connectivity index (χ2v) is 8.58. The Labute approximate surface area is 128 Å². The summed E-state index contributed by atoms with van der Waals surface area (Å²) >= 11 is 1.62. The van der Waals surface area contributed by atoms with Gasteiger partial charge in [0.25, 0.3) is 0 Å². The third-order valence-corrected chi connectivity index (χ3v) is 6.39. The minimum atomic E-state index is -2.98. The van der Waals surface area contributed by atoms with Gasteiger partial charge in [-0.05, 0) is 6.92 Å². The Bertz CT molecular complexity index is 735. The van der Waals surface area contributed by atoms with E-state index in [2.05, 4.69) is 15.0 Å². The van der Waals surface area contributed by atoms with Gasteiger partial charge in [-0.2, -0.15) is 5.10 Å². The second kappa shape index (κ2) is 5.51. The van der Waals surface area contributed by atoms with Crippen LogP contribution in [0.2, 0.25) is 0 Å². The van der Waals surface area contributed by atoms with Gasteiger partial charge in [0.15, 0.2) is 9.84 Å². The number of nitrogens with zero attached hydrogens (tertiary/aromatic N) is 4. The monoisotopic (exact) mass is 326 g/mol. The van der Waals surface area contributed by atoms with E-state index < -0.39 is 9.84 Å². The summed E-state index contributed by atoms with van der Waals surface area (Å²) in [6.07, 6.45) is 3.66. The van der Waals surface area contributed by atoms with Crippen LogP contribution in [0.5, 0.6) is 0 Å². The molecule has 8 heteroatoms. The maximum atomic E-state index is 12.0. The predicted molar refractivity (Wildman–Crippen MR) is 81.9 cm³/mol. The van der Waals surface area contributed by atoms with Crippen LogP contribution in [0.1, 0.15) is 22.2 Å². The molecule has 1 aliphatic heterocycles. The molecule has 0 N–H and O–H groups in total. The van der Waals surface area contributed by atoms with Crippen molar-refractivity contribution < 1.29 is 8.42 Å². The smallest absolute Gasteiger partial charge is 0.153 e. The molecule has 1 unspecified atom stereocenters. The average molecular weight is 326 g/mol. The highest BCUT2D eigenvalue weighted by molar-refractivity contribution is 7.91. The molecular weight excluding hydrogens is 308 g/mol. The van der Waals surface area contributed by atoms with Crippen LogP contribution in [0, 0.1) is 6.92 Å². The summed E-state index contributed by atoms with van der Waals surface area (Å²) in [5.41, 5.74) is 3.83. The first kappa shape index (κ1) is 14.7. The van der Waals surface area contributed by atoms with E-state index in [9.17, 15) is 8.42 Å². The molecule has 0 amide bonds. The van der Waals surface area contributed by atoms with Gasteiger partial charge < -0.3 is 0 Å². The number of aromatic nitrogens is 3. The van der Waals surface area contributed by atoms with Gasteiger partial charge in [-0.25, -0.2) is 13.4 Å². The highest BCUT2D eigenvalue weighted by atomic mass is 32.2. The lowest BCUT2D eigenvalue weighted by molar-refractivity contribution is 0.207. The van der Waals surface area contributed by atoms with Crippen molar-refractivity contribution in [1.29, 1.82) is 0 Å². The lowest BCUT2D eigenvalue weighted by atomic mass is 10.1. The molecule has 0 bridgehead atoms. The Morgan fingerprint density at radius 1 is 1.48 bits per heavy atom. The summed E-state index contributed by atoms with van der Waals surface area (Å²) in [5.74, 6) is 0.387. The van der Waals surface area contributed by atoms with Crippen molar-refractivity contribution in [2.24, 2.45) is 7.05 Å². The van der Waals surface area contributed by atoms with E-state index in [0.29, 0.717) is 6.54 Å². The van der Waals surface area contributed by atoms with Gasteiger partial charge >= 0.3 is 0 Å². The van der Waals surface area contributed by atoms with Crippen molar-refractivity contribution >= 4 is 21.2 Å². The van der Waals surface area contributed by atoms with Crippen LogP contribution in [-0.2, 0) is 23.4 Å². The number of hydrogen-bond donors (Lipinski definition) is 0. The Balaban J connectivity index is 1.88. The molecule has 114 valence electrons. The number of aryl methyl sites for hydroxylation is 2. The zero-order valence-corrected chi connectivity index (χ0v) is 13.7. The van der Waals surface area contributed by atoms with Crippen LogP contribution in [0.3, 0.4) is 0 Å². The van der Waals surface area contributed by atoms with E-state index in [1.54, 1.807) is 22.2 Å². The molecular formula is C13H18N4O2S2. The van der Waals surface area contributed by atoms with Crippen molar-refractivity contribution in [3.63, 3.8) is 0 Å². The minimum absolute atomic E-state index is 0.126. The molecule has 6 nitrogen and oxygen atoms in total. The van der Waals surface area contributed by atoms with Gasteiger partial charge in [0.1, 0.15) is 0 Å². The van der Waals surface area contributed by atoms with Crippen LogP contribution >= 0.6 is 11.3 Å². The molecule has 21 heavy (non-hydrogen) atoms. The minimum Gasteiger partial charge on any atom is -0.289 e. The lowest BCUT2D eigenvalue weighted by Gasteiger charge is -2.34. The lowest BCUT2D eigenvalue weighted by Crippen LogP contribution is -2.42. The fourth-order valence-corrected chi connectivity index (χ4v) is 4.98. The van der Waals surface area contributed by atoms with Crippen LogP contribution in [0.15, 0.2) is 17.9 Å². The standard InChI is InChI=1S/C13H18N4O2S2/c1-10-13(20-9-14-10)7-17-3-4-21(18,19)8-12(17)11-5-15-16(2)6-11/h5-6,9,12H,3-4,7-8H2,1-2H3. The van der Waals surface area contributed by atoms with Gasteiger partial charge in [0.2, 0.25) is 0 Å². The Morgan fingerprint density at radius 2 is 2.29 bits per heavy atom. The normalized spacial score (nSPS) is 22.5. The fourth-order valence-electron chi connectivity index (χ4n) is 2.61. The first-order valence-electron chi connectivity index (χ1n) is 6.76. The summed E-state index contributed by atoms with van der Waals surface area (Å²) in [6.45, 7) is 3.29. The molecule has 0 aliphatic carbocycles. The molecule has 3 heterocycles. The number of sulfone groups is 1. The zero-order chi connectivity index (χ0) is 15.0. The Hall–Kier alpha value is -1.25. The molecule has 1 saturated heterocycles. The van der Waals surface area contributed by atoms with Gasteiger partial charge in [0.05, 0.1) is 34.9 Å². The molecule has 1 atom stereocenters. The van der Waals surface area contributed by atoms with E-state index in [4.69, 9.17) is 0 Å². The maximum absolute atomic E-state index is 12.0. The number of thiazole rings is 1. The number of hydrogen-bond acceptors (Lipinski definition) is 6. The van der Waals surface area contributed by atoms with Crippen LogP contribution < -0.4 is 0 Å². The van der Waals surface area contributed by atoms with E-state index in [-0.39, 0.29) is 17.5 Å². The fraction of sp³-hybridized carbons (Fsp3) is 0.538. The van der Waals surface area contributed by atoms with Gasteiger partial charge in [-0.15, -0.1) is 11.3 Å². The average Bonchev–Trinajstić information content (AvgIpc) is 3.01. The first-order valence-corrected chi connectivity index (χ1v) is 9.47. The van der Waals surface area contributed by atoms with Crippen LogP contribution in [-0.4, -0.2) is 46.1 Å². The van der Waals surface area contributed by atoms with Crippen LogP contribution in [0.4, 0.5) is 0 Å². The van der Waals surface area contributed by atoms with Crippen molar-refractivity contribution in [2.75, 3.05) is 18.1 Å². The summed E-state index contributed by atoms with van der Waals surface area (Å²) in [7, 11) is -1.14. The predicted octanol–water partition coefficient (Wildman–Crippen LogP) is 1.16. The zero-order valence-electron chi connectivity index (χ0n) is 12.1. The summed E-state index contributed by atoms with van der Waals surface area (Å²) in [4.78, 5) is 7.69. The van der Waals surface area contributed by atoms with Gasteiger partial charge in [-0.3, -0.25) is 9.58 Å². The molecule has 0 saturated carbocycles. The van der Waals surface area contributed by atoms with Crippen molar-refractivity contribution in [3.8, 4) is 0 Å². The van der Waals surface area contributed by atoms with Gasteiger partial charge in [0, 0.05) is 36.8 Å². The highest BCUT2D eigenvalue weighted by Gasteiger charge is 2.33. The number of rotatable bonds is 3. The molecule has 0 radical (unpaired) electrons. The molecule has 3 rings (SSSR count). The topological polar surface area (TPSA) is 68.1 Å². The summed E-state index contributed by atoms with van der Waals surface area (Å²) in [5, 5.41) is 4.17. The van der Waals surface area contributed by atoms with E-state index in [1.807, 2.05) is 25.7 Å². The molecule has 0 aromatic carbocycles. The van der Waals surface area contributed by atoms with Crippen LogP contribution in [0.25, 0.3) is 0 Å². The Kier molecular flexibility index (Phi) is 3.85. The van der Waals surface area contributed by atoms with Crippen molar-refractivity contribution in [1.82, 2.24) is 19.7 Å². The summed E-state index contributed by atoms with van der Waals surface area (Å²) < 4.78 is 25.7. The third-order valence-electron chi connectivity index (χ3n) is 3.84. The highest BCUT2D eigenvalue weighted by Crippen LogP contribution is 2.29. The summed E-state index contributed by atoms with van der Waals surface area (Å²) in [6, 6.07) is -0.126. The maximum Gasteiger partial charge on any atom is 0.153 e. The van der Waals surface area contributed by atoms with E-state index in [1.165, 1.54) is 4.88 Å². The van der Waals surface area contributed by atoms with Gasteiger partial charge in [-0.1, -0.05) is 0 Å². The second-order valence-electron chi connectivity index (χ2n) is 5.41.